The second-order valence-electron chi connectivity index (χ2n) is 3.88. The first kappa shape index (κ1) is 8.82. The molecule has 1 N–H and O–H groups in total. The molecule has 13 heavy (non-hydrogen) atoms. The Morgan fingerprint density at radius 2 is 2.38 bits per heavy atom. The number of aliphatic hydroxyl groups excluding tert-OH is 1. The van der Waals surface area contributed by atoms with E-state index in [9.17, 15) is 5.11 Å². The fourth-order valence-corrected chi connectivity index (χ4v) is 2.14. The molecule has 0 aliphatic heterocycles. The van der Waals surface area contributed by atoms with Crippen molar-refractivity contribution in [2.75, 3.05) is 0 Å². The Balaban J connectivity index is 1.79. The van der Waals surface area contributed by atoms with Crippen molar-refractivity contribution in [3.8, 4) is 0 Å². The summed E-state index contributed by atoms with van der Waals surface area (Å²) in [6, 6.07) is 3.92. The van der Waals surface area contributed by atoms with Gasteiger partial charge in [0.05, 0.1) is 12.4 Å². The molecule has 0 spiro atoms. The molecule has 1 aromatic heterocycles. The second-order valence-corrected chi connectivity index (χ2v) is 3.88. The molecule has 2 heteroatoms. The maximum atomic E-state index is 9.59. The largest absolute Gasteiger partial charge is 0.469 e. The van der Waals surface area contributed by atoms with Gasteiger partial charge < -0.3 is 9.52 Å². The van der Waals surface area contributed by atoms with Crippen molar-refractivity contribution < 1.29 is 9.52 Å². The highest BCUT2D eigenvalue weighted by molar-refractivity contribution is 4.98. The zero-order valence-corrected chi connectivity index (χ0v) is 7.78. The van der Waals surface area contributed by atoms with Crippen molar-refractivity contribution >= 4 is 0 Å². The highest BCUT2D eigenvalue weighted by atomic mass is 16.3. The van der Waals surface area contributed by atoms with E-state index in [1.807, 2.05) is 12.1 Å². The van der Waals surface area contributed by atoms with Crippen LogP contribution in [0, 0.1) is 5.92 Å². The summed E-state index contributed by atoms with van der Waals surface area (Å²) in [4.78, 5) is 0. The van der Waals surface area contributed by atoms with Gasteiger partial charge in [-0.15, -0.1) is 0 Å². The van der Waals surface area contributed by atoms with Crippen molar-refractivity contribution in [3.05, 3.63) is 24.2 Å². The van der Waals surface area contributed by atoms with E-state index < -0.39 is 0 Å². The van der Waals surface area contributed by atoms with Gasteiger partial charge in [-0.3, -0.25) is 0 Å². The summed E-state index contributed by atoms with van der Waals surface area (Å²) in [6.07, 6.45) is 7.04. The Morgan fingerprint density at radius 1 is 1.46 bits per heavy atom. The molecule has 2 unspecified atom stereocenters. The first-order valence-corrected chi connectivity index (χ1v) is 5.06. The number of hydrogen-bond acceptors (Lipinski definition) is 2. The molecule has 2 atom stereocenters. The quantitative estimate of drug-likeness (QED) is 0.774. The lowest BCUT2D eigenvalue weighted by Gasteiger charge is -2.12. The van der Waals surface area contributed by atoms with Crippen molar-refractivity contribution in [2.45, 2.75) is 38.2 Å². The minimum Gasteiger partial charge on any atom is -0.469 e. The standard InChI is InChI=1S/C11H16O2/c12-11-5-1-3-9(11)6-7-10-4-2-8-13-10/h2,4,8-9,11-12H,1,3,5-7H2. The Kier molecular flexibility index (Phi) is 2.69. The van der Waals surface area contributed by atoms with Gasteiger partial charge in [0.15, 0.2) is 0 Å². The number of aliphatic hydroxyl groups is 1. The van der Waals surface area contributed by atoms with Crippen LogP contribution in [0.4, 0.5) is 0 Å². The van der Waals surface area contributed by atoms with E-state index in [1.165, 1.54) is 12.8 Å². The van der Waals surface area contributed by atoms with Crippen LogP contribution in [0.2, 0.25) is 0 Å². The van der Waals surface area contributed by atoms with E-state index in [1.54, 1.807) is 6.26 Å². The van der Waals surface area contributed by atoms with Crippen LogP contribution in [0.15, 0.2) is 22.8 Å². The van der Waals surface area contributed by atoms with Crippen LogP contribution in [0.1, 0.15) is 31.4 Å². The molecular weight excluding hydrogens is 164 g/mol. The Morgan fingerprint density at radius 3 is 3.00 bits per heavy atom. The van der Waals surface area contributed by atoms with E-state index in [0.29, 0.717) is 5.92 Å². The number of aryl methyl sites for hydroxylation is 1. The van der Waals surface area contributed by atoms with Crippen LogP contribution >= 0.6 is 0 Å². The highest BCUT2D eigenvalue weighted by Gasteiger charge is 2.24. The zero-order valence-electron chi connectivity index (χ0n) is 7.78. The highest BCUT2D eigenvalue weighted by Crippen LogP contribution is 2.29. The topological polar surface area (TPSA) is 33.4 Å². The molecule has 1 fully saturated rings. The molecule has 2 nitrogen and oxygen atoms in total. The van der Waals surface area contributed by atoms with Crippen LogP contribution in [-0.4, -0.2) is 11.2 Å². The molecule has 0 aromatic carbocycles. The average Bonchev–Trinajstić information content (AvgIpc) is 2.72. The van der Waals surface area contributed by atoms with Gasteiger partial charge in [0, 0.05) is 6.42 Å². The smallest absolute Gasteiger partial charge is 0.103 e. The van der Waals surface area contributed by atoms with E-state index in [0.717, 1.165) is 25.0 Å². The minimum atomic E-state index is -0.0602. The van der Waals surface area contributed by atoms with E-state index in [2.05, 4.69) is 0 Å². The molecule has 1 aliphatic carbocycles. The van der Waals surface area contributed by atoms with Crippen LogP contribution in [0.25, 0.3) is 0 Å². The fourth-order valence-electron chi connectivity index (χ4n) is 2.14. The summed E-state index contributed by atoms with van der Waals surface area (Å²) in [5.41, 5.74) is 0. The van der Waals surface area contributed by atoms with E-state index in [-0.39, 0.29) is 6.10 Å². The first-order valence-electron chi connectivity index (χ1n) is 5.06. The molecule has 0 amide bonds. The lowest BCUT2D eigenvalue weighted by Crippen LogP contribution is -2.13. The third kappa shape index (κ3) is 2.13. The molecular formula is C11H16O2. The van der Waals surface area contributed by atoms with Gasteiger partial charge in [-0.2, -0.15) is 0 Å². The lowest BCUT2D eigenvalue weighted by molar-refractivity contribution is 0.127. The molecule has 1 saturated carbocycles. The average molecular weight is 180 g/mol. The molecule has 0 radical (unpaired) electrons. The Hall–Kier alpha value is -0.760. The summed E-state index contributed by atoms with van der Waals surface area (Å²) in [5, 5.41) is 9.59. The van der Waals surface area contributed by atoms with E-state index in [4.69, 9.17) is 4.42 Å². The van der Waals surface area contributed by atoms with Crippen LogP contribution in [0.5, 0.6) is 0 Å². The fraction of sp³-hybridized carbons (Fsp3) is 0.636. The monoisotopic (exact) mass is 180 g/mol. The number of hydrogen-bond donors (Lipinski definition) is 1. The third-order valence-corrected chi connectivity index (χ3v) is 2.96. The molecule has 2 rings (SSSR count). The van der Waals surface area contributed by atoms with Gasteiger partial charge in [0.25, 0.3) is 0 Å². The normalized spacial score (nSPS) is 28.1. The Bertz CT molecular complexity index is 241. The minimum absolute atomic E-state index is 0.0602. The van der Waals surface area contributed by atoms with Crippen LogP contribution < -0.4 is 0 Å². The van der Waals surface area contributed by atoms with Gasteiger partial charge in [0.1, 0.15) is 5.76 Å². The molecule has 1 aliphatic rings. The van der Waals surface area contributed by atoms with Crippen molar-refractivity contribution in [1.29, 1.82) is 0 Å². The van der Waals surface area contributed by atoms with Crippen LogP contribution in [-0.2, 0) is 6.42 Å². The third-order valence-electron chi connectivity index (χ3n) is 2.96. The predicted molar refractivity (Wildman–Crippen MR) is 50.4 cm³/mol. The number of furan rings is 1. The number of rotatable bonds is 3. The molecule has 0 bridgehead atoms. The summed E-state index contributed by atoms with van der Waals surface area (Å²) >= 11 is 0. The van der Waals surface area contributed by atoms with E-state index >= 15 is 0 Å². The van der Waals surface area contributed by atoms with Gasteiger partial charge >= 0.3 is 0 Å². The Labute approximate surface area is 78.6 Å². The molecule has 72 valence electrons. The maximum absolute atomic E-state index is 9.59. The predicted octanol–water partition coefficient (Wildman–Crippen LogP) is 2.37. The zero-order chi connectivity index (χ0) is 9.10. The summed E-state index contributed by atoms with van der Waals surface area (Å²) in [7, 11) is 0. The van der Waals surface area contributed by atoms with Gasteiger partial charge in [-0.25, -0.2) is 0 Å². The van der Waals surface area contributed by atoms with Crippen molar-refractivity contribution in [2.24, 2.45) is 5.92 Å². The van der Waals surface area contributed by atoms with Gasteiger partial charge in [-0.05, 0) is 37.3 Å². The lowest BCUT2D eigenvalue weighted by atomic mass is 9.99. The van der Waals surface area contributed by atoms with Gasteiger partial charge in [-0.1, -0.05) is 6.42 Å². The van der Waals surface area contributed by atoms with Crippen molar-refractivity contribution in [3.63, 3.8) is 0 Å². The first-order chi connectivity index (χ1) is 6.36. The van der Waals surface area contributed by atoms with Gasteiger partial charge in [0.2, 0.25) is 0 Å². The summed E-state index contributed by atoms with van der Waals surface area (Å²) in [5.74, 6) is 1.55. The molecule has 0 saturated heterocycles. The van der Waals surface area contributed by atoms with Crippen molar-refractivity contribution in [1.82, 2.24) is 0 Å². The van der Waals surface area contributed by atoms with Crippen LogP contribution in [0.3, 0.4) is 0 Å². The second kappa shape index (κ2) is 3.97. The molecule has 1 aromatic rings. The SMILES string of the molecule is OC1CCCC1CCc1ccco1. The summed E-state index contributed by atoms with van der Waals surface area (Å²) < 4.78 is 5.25. The molecule has 1 heterocycles. The summed E-state index contributed by atoms with van der Waals surface area (Å²) in [6.45, 7) is 0. The maximum Gasteiger partial charge on any atom is 0.103 e.